The van der Waals surface area contributed by atoms with Crippen molar-refractivity contribution in [2.75, 3.05) is 14.2 Å². The number of ether oxygens (including phenoxy) is 1. The molecule has 2 aromatic carbocycles. The van der Waals surface area contributed by atoms with E-state index >= 15 is 0 Å². The zero-order valence-electron chi connectivity index (χ0n) is 14.8. The van der Waals surface area contributed by atoms with Crippen molar-refractivity contribution in [1.82, 2.24) is 14.4 Å². The molecule has 9 heteroatoms. The first kappa shape index (κ1) is 19.5. The maximum atomic E-state index is 12.6. The molecule has 0 bridgehead atoms. The van der Waals surface area contributed by atoms with Crippen LogP contribution in [0.4, 0.5) is 0 Å². The number of halogens is 1. The Kier molecular flexibility index (Phi) is 5.93. The Morgan fingerprint density at radius 3 is 2.59 bits per heavy atom. The van der Waals surface area contributed by atoms with Crippen molar-refractivity contribution >= 4 is 26.0 Å². The molecule has 1 heterocycles. The smallest absolute Gasteiger partial charge is 0.242 e. The molecule has 0 unspecified atom stereocenters. The van der Waals surface area contributed by atoms with Crippen molar-refractivity contribution in [3.8, 4) is 17.1 Å². The van der Waals surface area contributed by atoms with Gasteiger partial charge in [0.05, 0.1) is 19.4 Å². The molecule has 0 radical (unpaired) electrons. The average molecular weight is 452 g/mol. The minimum atomic E-state index is -3.52. The third-order valence-electron chi connectivity index (χ3n) is 3.89. The Morgan fingerprint density at radius 2 is 1.93 bits per heavy atom. The van der Waals surface area contributed by atoms with Gasteiger partial charge in [0.1, 0.15) is 5.75 Å². The van der Waals surface area contributed by atoms with Crippen molar-refractivity contribution in [2.24, 2.45) is 0 Å². The number of hydrogen-bond acceptors (Lipinski definition) is 6. The second-order valence-electron chi connectivity index (χ2n) is 5.88. The third kappa shape index (κ3) is 4.94. The quantitative estimate of drug-likeness (QED) is 0.546. The van der Waals surface area contributed by atoms with Gasteiger partial charge in [-0.3, -0.25) is 0 Å². The van der Waals surface area contributed by atoms with E-state index < -0.39 is 10.0 Å². The monoisotopic (exact) mass is 451 g/mol. The first-order valence-electron chi connectivity index (χ1n) is 8.03. The van der Waals surface area contributed by atoms with Crippen LogP contribution in [0.15, 0.2) is 57.5 Å². The van der Waals surface area contributed by atoms with Gasteiger partial charge in [0.2, 0.25) is 21.7 Å². The van der Waals surface area contributed by atoms with Gasteiger partial charge in [0.15, 0.2) is 0 Å². The summed E-state index contributed by atoms with van der Waals surface area (Å²) in [5, 5.41) is 3.92. The fraction of sp³-hybridized carbons (Fsp3) is 0.222. The van der Waals surface area contributed by atoms with Crippen molar-refractivity contribution in [2.45, 2.75) is 12.3 Å². The molecule has 3 rings (SSSR count). The van der Waals surface area contributed by atoms with Crippen molar-refractivity contribution in [3.63, 3.8) is 0 Å². The van der Waals surface area contributed by atoms with Crippen molar-refractivity contribution < 1.29 is 17.7 Å². The highest BCUT2D eigenvalue weighted by atomic mass is 79.9. The van der Waals surface area contributed by atoms with E-state index in [4.69, 9.17) is 9.26 Å². The molecule has 0 spiro atoms. The minimum absolute atomic E-state index is 0.000505. The topological polar surface area (TPSA) is 85.5 Å². The molecule has 0 atom stereocenters. The van der Waals surface area contributed by atoms with E-state index in [1.165, 1.54) is 11.4 Å². The van der Waals surface area contributed by atoms with Crippen LogP contribution in [0.1, 0.15) is 11.5 Å². The normalized spacial score (nSPS) is 11.7. The summed E-state index contributed by atoms with van der Waals surface area (Å²) in [7, 11) is -0.445. The highest BCUT2D eigenvalue weighted by Crippen LogP contribution is 2.21. The van der Waals surface area contributed by atoms with Gasteiger partial charge in [0.25, 0.3) is 0 Å². The van der Waals surface area contributed by atoms with E-state index in [0.29, 0.717) is 11.4 Å². The van der Waals surface area contributed by atoms with Gasteiger partial charge in [-0.15, -0.1) is 0 Å². The van der Waals surface area contributed by atoms with Gasteiger partial charge in [-0.25, -0.2) is 8.42 Å². The molecule has 0 aliphatic heterocycles. The van der Waals surface area contributed by atoms with Crippen molar-refractivity contribution in [3.05, 3.63) is 64.5 Å². The second-order valence-corrected chi connectivity index (χ2v) is 8.87. The van der Waals surface area contributed by atoms with Crippen LogP contribution in [0.3, 0.4) is 0 Å². The minimum Gasteiger partial charge on any atom is -0.497 e. The van der Waals surface area contributed by atoms with Gasteiger partial charge in [-0.1, -0.05) is 33.2 Å². The summed E-state index contributed by atoms with van der Waals surface area (Å²) in [5.74, 6) is 1.23. The standard InChI is InChI=1S/C18H18BrN3O4S/c1-22(27(23,24)12-13-4-3-5-15(19)10-13)11-17-20-18(21-26-17)14-6-8-16(25-2)9-7-14/h3-10H,11-12H2,1-2H3. The number of aromatic nitrogens is 2. The first-order valence-corrected chi connectivity index (χ1v) is 10.4. The van der Waals surface area contributed by atoms with E-state index in [1.54, 1.807) is 49.6 Å². The van der Waals surface area contributed by atoms with Crippen LogP contribution < -0.4 is 4.74 Å². The lowest BCUT2D eigenvalue weighted by molar-refractivity contribution is 0.336. The van der Waals surface area contributed by atoms with Gasteiger partial charge in [0, 0.05) is 17.1 Å². The average Bonchev–Trinajstić information content (AvgIpc) is 3.10. The molecular weight excluding hydrogens is 434 g/mol. The fourth-order valence-corrected chi connectivity index (χ4v) is 3.99. The second kappa shape index (κ2) is 8.20. The zero-order chi connectivity index (χ0) is 19.4. The van der Waals surface area contributed by atoms with E-state index in [-0.39, 0.29) is 18.2 Å². The molecule has 7 nitrogen and oxygen atoms in total. The van der Waals surface area contributed by atoms with E-state index in [1.807, 2.05) is 6.07 Å². The summed E-state index contributed by atoms with van der Waals surface area (Å²) in [4.78, 5) is 4.28. The Bertz CT molecular complexity index is 1020. The van der Waals surface area contributed by atoms with Crippen LogP contribution in [0.2, 0.25) is 0 Å². The van der Waals surface area contributed by atoms with Crippen LogP contribution in [-0.2, 0) is 22.3 Å². The van der Waals surface area contributed by atoms with Crippen LogP contribution in [0, 0.1) is 0 Å². The number of nitrogens with zero attached hydrogens (tertiary/aromatic N) is 3. The lowest BCUT2D eigenvalue weighted by Gasteiger charge is -2.15. The van der Waals surface area contributed by atoms with E-state index in [9.17, 15) is 8.42 Å². The molecule has 1 aromatic heterocycles. The number of hydrogen-bond donors (Lipinski definition) is 0. The van der Waals surface area contributed by atoms with Crippen LogP contribution in [-0.4, -0.2) is 37.0 Å². The maximum Gasteiger partial charge on any atom is 0.242 e. The molecule has 27 heavy (non-hydrogen) atoms. The molecule has 0 saturated carbocycles. The molecule has 0 fully saturated rings. The maximum absolute atomic E-state index is 12.6. The number of methoxy groups -OCH3 is 1. The summed E-state index contributed by atoms with van der Waals surface area (Å²) in [6.45, 7) is -0.000505. The summed E-state index contributed by atoms with van der Waals surface area (Å²) >= 11 is 3.34. The first-order chi connectivity index (χ1) is 12.9. The number of sulfonamides is 1. The van der Waals surface area contributed by atoms with E-state index in [2.05, 4.69) is 26.1 Å². The van der Waals surface area contributed by atoms with Crippen LogP contribution in [0.5, 0.6) is 5.75 Å². The molecule has 0 aliphatic carbocycles. The SMILES string of the molecule is COc1ccc(-c2noc(CN(C)S(=O)(=O)Cc3cccc(Br)c3)n2)cc1. The lowest BCUT2D eigenvalue weighted by atomic mass is 10.2. The Morgan fingerprint density at radius 1 is 1.19 bits per heavy atom. The molecule has 3 aromatic rings. The number of rotatable bonds is 7. The Labute approximate surface area is 166 Å². The van der Waals surface area contributed by atoms with Crippen molar-refractivity contribution in [1.29, 1.82) is 0 Å². The summed E-state index contributed by atoms with van der Waals surface area (Å²) < 4.78 is 37.5. The van der Waals surface area contributed by atoms with Gasteiger partial charge >= 0.3 is 0 Å². The predicted octanol–water partition coefficient (Wildman–Crippen LogP) is 3.47. The largest absolute Gasteiger partial charge is 0.497 e. The molecule has 0 amide bonds. The summed E-state index contributed by atoms with van der Waals surface area (Å²) in [5.41, 5.74) is 1.45. The molecule has 0 saturated heterocycles. The zero-order valence-corrected chi connectivity index (χ0v) is 17.2. The highest BCUT2D eigenvalue weighted by Gasteiger charge is 2.21. The Balaban J connectivity index is 1.70. The summed E-state index contributed by atoms with van der Waals surface area (Å²) in [6, 6.07) is 14.4. The fourth-order valence-electron chi connectivity index (χ4n) is 2.41. The molecule has 142 valence electrons. The molecule has 0 aliphatic rings. The molecular formula is C18H18BrN3O4S. The van der Waals surface area contributed by atoms with Crippen LogP contribution in [0.25, 0.3) is 11.4 Å². The van der Waals surface area contributed by atoms with Gasteiger partial charge in [-0.05, 0) is 42.0 Å². The predicted molar refractivity (Wildman–Crippen MR) is 105 cm³/mol. The highest BCUT2D eigenvalue weighted by molar-refractivity contribution is 9.10. The number of benzene rings is 2. The summed E-state index contributed by atoms with van der Waals surface area (Å²) in [6.07, 6.45) is 0. The Hall–Kier alpha value is -2.23. The molecule has 0 N–H and O–H groups in total. The third-order valence-corrected chi connectivity index (χ3v) is 6.16. The van der Waals surface area contributed by atoms with Crippen LogP contribution >= 0.6 is 15.9 Å². The van der Waals surface area contributed by atoms with E-state index in [0.717, 1.165) is 15.8 Å². The van der Waals surface area contributed by atoms with Gasteiger partial charge < -0.3 is 9.26 Å². The lowest BCUT2D eigenvalue weighted by Crippen LogP contribution is -2.27. The van der Waals surface area contributed by atoms with Gasteiger partial charge in [-0.2, -0.15) is 9.29 Å².